The molecule has 0 unspecified atom stereocenters. The van der Waals surface area contributed by atoms with E-state index in [1.165, 1.54) is 5.69 Å². The number of rotatable bonds is 4. The van der Waals surface area contributed by atoms with Crippen LogP contribution in [0.2, 0.25) is 0 Å². The zero-order valence-electron chi connectivity index (χ0n) is 18.9. The summed E-state index contributed by atoms with van der Waals surface area (Å²) in [6, 6.07) is 18.6. The molecule has 4 N–H and O–H groups in total. The highest BCUT2D eigenvalue weighted by atomic mass is 15.6. The van der Waals surface area contributed by atoms with Gasteiger partial charge >= 0.3 is 0 Å². The fourth-order valence-electron chi connectivity index (χ4n) is 4.80. The molecule has 0 radical (unpaired) electrons. The average molecular weight is 441 g/mol. The predicted molar refractivity (Wildman–Crippen MR) is 131 cm³/mol. The molecule has 0 amide bonds. The normalized spacial score (nSPS) is 17.7. The van der Waals surface area contributed by atoms with E-state index >= 15 is 0 Å². The minimum Gasteiger partial charge on any atom is -0.370 e. The Hall–Kier alpha value is -3.64. The largest absolute Gasteiger partial charge is 0.370 e. The van der Waals surface area contributed by atoms with Crippen LogP contribution in [0.15, 0.2) is 54.7 Å². The van der Waals surface area contributed by atoms with Gasteiger partial charge in [0.05, 0.1) is 23.0 Å². The van der Waals surface area contributed by atoms with E-state index in [1.807, 2.05) is 30.3 Å². The van der Waals surface area contributed by atoms with E-state index in [2.05, 4.69) is 64.5 Å². The Morgan fingerprint density at radius 1 is 1.12 bits per heavy atom. The van der Waals surface area contributed by atoms with E-state index in [-0.39, 0.29) is 5.84 Å². The molecule has 0 bridgehead atoms. The smallest absolute Gasteiger partial charge is 0.165 e. The summed E-state index contributed by atoms with van der Waals surface area (Å²) in [5.41, 5.74) is 9.31. The molecule has 0 spiro atoms. The number of hydrogen-bond acceptors (Lipinski definition) is 6. The summed E-state index contributed by atoms with van der Waals surface area (Å²) in [5, 5.41) is 19.5. The second-order valence-electron chi connectivity index (χ2n) is 8.91. The fraction of sp³-hybridized carbons (Fsp3) is 0.280. The van der Waals surface area contributed by atoms with Gasteiger partial charge in [0.1, 0.15) is 0 Å². The van der Waals surface area contributed by atoms with Crippen LogP contribution in [0.4, 0.5) is 11.4 Å². The van der Waals surface area contributed by atoms with Gasteiger partial charge in [0.2, 0.25) is 0 Å². The van der Waals surface area contributed by atoms with E-state index < -0.39 is 0 Å². The van der Waals surface area contributed by atoms with Crippen LogP contribution in [0.5, 0.6) is 0 Å². The Kier molecular flexibility index (Phi) is 5.38. The van der Waals surface area contributed by atoms with Crippen LogP contribution < -0.4 is 21.3 Å². The van der Waals surface area contributed by atoms with Crippen LogP contribution in [0.1, 0.15) is 23.2 Å². The highest BCUT2D eigenvalue weighted by Gasteiger charge is 2.28. The van der Waals surface area contributed by atoms with Crippen molar-refractivity contribution in [2.75, 3.05) is 37.1 Å². The van der Waals surface area contributed by atoms with Gasteiger partial charge in [-0.25, -0.2) is 5.01 Å². The van der Waals surface area contributed by atoms with Crippen molar-refractivity contribution in [1.82, 2.24) is 15.0 Å². The van der Waals surface area contributed by atoms with Crippen molar-refractivity contribution < 1.29 is 0 Å². The molecule has 0 aliphatic carbocycles. The van der Waals surface area contributed by atoms with Crippen molar-refractivity contribution >= 4 is 17.2 Å². The number of hydrogen-bond donors (Lipinski definition) is 3. The number of fused-ring (bicyclic) bond motifs is 2. The Labute approximate surface area is 193 Å². The molecule has 5 rings (SSSR count). The van der Waals surface area contributed by atoms with Crippen molar-refractivity contribution in [3.05, 3.63) is 71.5 Å². The van der Waals surface area contributed by atoms with Crippen molar-refractivity contribution in [1.29, 1.82) is 10.7 Å². The maximum Gasteiger partial charge on any atom is 0.165 e. The highest BCUT2D eigenvalue weighted by molar-refractivity contribution is 6.08. The molecular formula is C25H28N8. The topological polar surface area (TPSA) is 100 Å². The van der Waals surface area contributed by atoms with E-state index in [0.29, 0.717) is 18.2 Å². The number of nitrogens with one attached hydrogen (secondary N) is 2. The van der Waals surface area contributed by atoms with Crippen molar-refractivity contribution in [2.45, 2.75) is 19.0 Å². The molecule has 1 fully saturated rings. The van der Waals surface area contributed by atoms with Crippen LogP contribution in [0.3, 0.4) is 0 Å². The Morgan fingerprint density at radius 3 is 2.58 bits per heavy atom. The number of likely N-dealkylation sites (N-methyl/N-ethyl adjacent to an activating group) is 1. The van der Waals surface area contributed by atoms with Crippen molar-refractivity contribution in [3.8, 4) is 17.2 Å². The second kappa shape index (κ2) is 8.37. The van der Waals surface area contributed by atoms with Gasteiger partial charge in [0.15, 0.2) is 5.84 Å². The van der Waals surface area contributed by atoms with Gasteiger partial charge < -0.3 is 14.4 Å². The average Bonchev–Trinajstić information content (AvgIpc) is 3.46. The minimum atomic E-state index is 0.290. The summed E-state index contributed by atoms with van der Waals surface area (Å²) < 4.78 is 2.10. The summed E-state index contributed by atoms with van der Waals surface area (Å²) in [4.78, 5) is 4.72. The molecule has 0 saturated carbocycles. The maximum atomic E-state index is 9.08. The number of nitrogens with zero attached hydrogens (tertiary/aromatic N) is 5. The van der Waals surface area contributed by atoms with E-state index in [0.717, 1.165) is 47.6 Å². The van der Waals surface area contributed by atoms with Gasteiger partial charge in [-0.2, -0.15) is 10.8 Å². The van der Waals surface area contributed by atoms with Crippen LogP contribution >= 0.6 is 0 Å². The lowest BCUT2D eigenvalue weighted by molar-refractivity contribution is 0.315. The third-order valence-electron chi connectivity index (χ3n) is 6.74. The first kappa shape index (κ1) is 21.2. The molecule has 2 aliphatic heterocycles. The zero-order valence-corrected chi connectivity index (χ0v) is 18.9. The molecule has 3 aromatic rings. The zero-order chi connectivity index (χ0) is 23.1. The maximum absolute atomic E-state index is 9.08. The molecule has 1 atom stereocenters. The van der Waals surface area contributed by atoms with Crippen LogP contribution in [-0.4, -0.2) is 48.5 Å². The summed E-state index contributed by atoms with van der Waals surface area (Å²) in [7, 11) is 4.28. The first-order valence-corrected chi connectivity index (χ1v) is 11.1. The molecule has 1 saturated heterocycles. The van der Waals surface area contributed by atoms with Gasteiger partial charge in [-0.3, -0.25) is 11.3 Å². The van der Waals surface area contributed by atoms with Gasteiger partial charge in [0, 0.05) is 43.1 Å². The summed E-state index contributed by atoms with van der Waals surface area (Å²) in [6.07, 6.45) is 3.22. The number of benzene rings is 2. The Bertz CT molecular complexity index is 1230. The Balaban J connectivity index is 1.51. The number of nitrogens with two attached hydrogens (primary N) is 1. The second-order valence-corrected chi connectivity index (χ2v) is 8.91. The summed E-state index contributed by atoms with van der Waals surface area (Å²) >= 11 is 0. The summed E-state index contributed by atoms with van der Waals surface area (Å²) in [5.74, 6) is 6.17. The highest BCUT2D eigenvalue weighted by Crippen LogP contribution is 2.33. The van der Waals surface area contributed by atoms with E-state index in [9.17, 15) is 0 Å². The third-order valence-corrected chi connectivity index (χ3v) is 6.74. The minimum absolute atomic E-state index is 0.290. The quantitative estimate of drug-likeness (QED) is 0.426. The molecule has 8 nitrogen and oxygen atoms in total. The van der Waals surface area contributed by atoms with Gasteiger partial charge in [0.25, 0.3) is 0 Å². The first-order chi connectivity index (χ1) is 16.0. The molecule has 8 heteroatoms. The molecule has 2 aliphatic rings. The number of anilines is 2. The monoisotopic (exact) mass is 440 g/mol. The number of amidine groups is 1. The van der Waals surface area contributed by atoms with Gasteiger partial charge in [-0.15, -0.1) is 0 Å². The van der Waals surface area contributed by atoms with Crippen LogP contribution in [-0.2, 0) is 6.54 Å². The molecular weight excluding hydrogens is 412 g/mol. The third kappa shape index (κ3) is 3.76. The number of aromatic nitrogens is 1. The first-order valence-electron chi connectivity index (χ1n) is 11.1. The predicted octanol–water partition coefficient (Wildman–Crippen LogP) is 2.74. The van der Waals surface area contributed by atoms with Crippen molar-refractivity contribution in [3.63, 3.8) is 0 Å². The van der Waals surface area contributed by atoms with E-state index in [1.54, 1.807) is 5.01 Å². The molecule has 3 heterocycles. The Morgan fingerprint density at radius 2 is 1.91 bits per heavy atom. The standard InChI is InChI=1S/C25H28N8/c1-30(2)22-9-10-31(16-22)21-7-8-23-20(11-21)15-32-14-19(12-24(32)25(27)33(23)29-28)18-5-3-17(13-26)4-6-18/h3-8,11-12,14,22,27,29H,9-10,15-16,28H2,1-2H3/t22-/m1/s1. The van der Waals surface area contributed by atoms with Crippen molar-refractivity contribution in [2.24, 2.45) is 5.84 Å². The molecule has 33 heavy (non-hydrogen) atoms. The molecule has 168 valence electrons. The molecule has 2 aromatic carbocycles. The van der Waals surface area contributed by atoms with Crippen LogP contribution in [0, 0.1) is 16.7 Å². The fourth-order valence-corrected chi connectivity index (χ4v) is 4.80. The summed E-state index contributed by atoms with van der Waals surface area (Å²) in [6.45, 7) is 2.69. The lowest BCUT2D eigenvalue weighted by Crippen LogP contribution is -2.47. The lowest BCUT2D eigenvalue weighted by Gasteiger charge is -2.25. The van der Waals surface area contributed by atoms with E-state index in [4.69, 9.17) is 16.5 Å². The number of nitriles is 1. The molecule has 1 aromatic heterocycles. The van der Waals surface area contributed by atoms with Crippen LogP contribution in [0.25, 0.3) is 11.1 Å². The van der Waals surface area contributed by atoms with Gasteiger partial charge in [-0.1, -0.05) is 12.1 Å². The SMILES string of the molecule is CN(C)[C@@H]1CCN(c2ccc3c(c2)Cn2cc(-c4ccc(C#N)cc4)cc2C(=N)N3NN)C1. The van der Waals surface area contributed by atoms with Gasteiger partial charge in [-0.05, 0) is 68.0 Å². The number of hydrazine groups is 2. The lowest BCUT2D eigenvalue weighted by atomic mass is 10.1.